The maximum atomic E-state index is 12.7. The molecule has 0 aromatic carbocycles. The first-order valence-electron chi connectivity index (χ1n) is 8.58. The number of esters is 2. The Labute approximate surface area is 135 Å². The fourth-order valence-corrected chi connectivity index (χ4v) is 4.84. The summed E-state index contributed by atoms with van der Waals surface area (Å²) < 4.78 is 16.3. The summed E-state index contributed by atoms with van der Waals surface area (Å²) >= 11 is 0. The van der Waals surface area contributed by atoms with Gasteiger partial charge in [-0.1, -0.05) is 12.8 Å². The summed E-state index contributed by atoms with van der Waals surface area (Å²) in [5, 5.41) is 0. The van der Waals surface area contributed by atoms with Crippen molar-refractivity contribution in [1.29, 1.82) is 0 Å². The SMILES string of the molecule is CCOC(=O)C1O[C@]23CCCC[C@@]2(C(=O)OCC)CC[C@@H]3C1=O. The molecule has 23 heavy (non-hydrogen) atoms. The molecule has 1 heterocycles. The average molecular weight is 324 g/mol. The molecule has 0 N–H and O–H groups in total. The first kappa shape index (κ1) is 16.4. The number of rotatable bonds is 4. The van der Waals surface area contributed by atoms with E-state index in [1.165, 1.54) is 0 Å². The largest absolute Gasteiger partial charge is 0.465 e. The Morgan fingerprint density at radius 2 is 1.83 bits per heavy atom. The van der Waals surface area contributed by atoms with E-state index in [4.69, 9.17) is 14.2 Å². The van der Waals surface area contributed by atoms with E-state index in [0.29, 0.717) is 32.3 Å². The Morgan fingerprint density at radius 3 is 2.52 bits per heavy atom. The highest BCUT2D eigenvalue weighted by Crippen LogP contribution is 2.63. The van der Waals surface area contributed by atoms with E-state index in [9.17, 15) is 14.4 Å². The van der Waals surface area contributed by atoms with Gasteiger partial charge in [-0.2, -0.15) is 0 Å². The van der Waals surface area contributed by atoms with Crippen molar-refractivity contribution in [2.24, 2.45) is 11.3 Å². The van der Waals surface area contributed by atoms with E-state index in [0.717, 1.165) is 12.8 Å². The van der Waals surface area contributed by atoms with Crippen molar-refractivity contribution in [2.75, 3.05) is 13.2 Å². The van der Waals surface area contributed by atoms with Crippen LogP contribution in [0.4, 0.5) is 0 Å². The van der Waals surface area contributed by atoms with Crippen LogP contribution >= 0.6 is 0 Å². The van der Waals surface area contributed by atoms with E-state index in [2.05, 4.69) is 0 Å². The topological polar surface area (TPSA) is 78.9 Å². The first-order valence-corrected chi connectivity index (χ1v) is 8.58. The number of Topliss-reactive ketones (excluding diaryl/α,β-unsaturated/α-hetero) is 1. The average Bonchev–Trinajstić information content (AvgIpc) is 3.01. The van der Waals surface area contributed by atoms with E-state index < -0.39 is 29.0 Å². The summed E-state index contributed by atoms with van der Waals surface area (Å²) in [5.41, 5.74) is -1.67. The molecule has 2 saturated carbocycles. The van der Waals surface area contributed by atoms with Crippen LogP contribution in [0.3, 0.4) is 0 Å². The number of hydrogen-bond acceptors (Lipinski definition) is 6. The van der Waals surface area contributed by atoms with Gasteiger partial charge >= 0.3 is 11.9 Å². The van der Waals surface area contributed by atoms with Crippen LogP contribution < -0.4 is 0 Å². The molecule has 3 rings (SSSR count). The van der Waals surface area contributed by atoms with Crippen LogP contribution in [0.5, 0.6) is 0 Å². The molecule has 3 aliphatic rings. The zero-order chi connectivity index (χ0) is 16.7. The van der Waals surface area contributed by atoms with E-state index in [1.54, 1.807) is 13.8 Å². The molecular formula is C17H24O6. The van der Waals surface area contributed by atoms with Crippen molar-refractivity contribution in [3.63, 3.8) is 0 Å². The molecule has 4 atom stereocenters. The zero-order valence-corrected chi connectivity index (χ0v) is 13.8. The van der Waals surface area contributed by atoms with Crippen LogP contribution in [0.1, 0.15) is 52.4 Å². The van der Waals surface area contributed by atoms with Crippen LogP contribution in [-0.4, -0.2) is 42.6 Å². The molecule has 1 saturated heterocycles. The third kappa shape index (κ3) is 2.14. The van der Waals surface area contributed by atoms with Gasteiger partial charge in [-0.3, -0.25) is 9.59 Å². The summed E-state index contributed by atoms with van der Waals surface area (Å²) in [5.74, 6) is -1.54. The van der Waals surface area contributed by atoms with Crippen molar-refractivity contribution >= 4 is 17.7 Å². The van der Waals surface area contributed by atoms with Gasteiger partial charge in [0.25, 0.3) is 0 Å². The highest BCUT2D eigenvalue weighted by atomic mass is 16.6. The van der Waals surface area contributed by atoms with Crippen LogP contribution in [0.25, 0.3) is 0 Å². The number of carbonyl (C=O) groups excluding carboxylic acids is 3. The minimum absolute atomic E-state index is 0.201. The van der Waals surface area contributed by atoms with Gasteiger partial charge in [-0.15, -0.1) is 0 Å². The van der Waals surface area contributed by atoms with Crippen molar-refractivity contribution in [2.45, 2.75) is 64.1 Å². The van der Waals surface area contributed by atoms with Gasteiger partial charge in [0.05, 0.1) is 30.1 Å². The minimum Gasteiger partial charge on any atom is -0.465 e. The second kappa shape index (κ2) is 5.89. The number of carbonyl (C=O) groups is 3. The Morgan fingerprint density at radius 1 is 1.13 bits per heavy atom. The van der Waals surface area contributed by atoms with Gasteiger partial charge in [0, 0.05) is 0 Å². The maximum Gasteiger partial charge on any atom is 0.343 e. The Hall–Kier alpha value is -1.43. The molecule has 0 aromatic rings. The molecule has 1 spiro atoms. The van der Waals surface area contributed by atoms with Crippen LogP contribution in [0, 0.1) is 11.3 Å². The number of hydrogen-bond donors (Lipinski definition) is 0. The lowest BCUT2D eigenvalue weighted by Crippen LogP contribution is -2.55. The summed E-state index contributed by atoms with van der Waals surface area (Å²) in [6.07, 6.45) is 3.07. The summed E-state index contributed by atoms with van der Waals surface area (Å²) in [4.78, 5) is 37.5. The van der Waals surface area contributed by atoms with Gasteiger partial charge in [0.2, 0.25) is 6.10 Å². The second-order valence-electron chi connectivity index (χ2n) is 6.64. The molecule has 3 fully saturated rings. The zero-order valence-electron chi connectivity index (χ0n) is 13.8. The van der Waals surface area contributed by atoms with E-state index >= 15 is 0 Å². The minimum atomic E-state index is -1.19. The van der Waals surface area contributed by atoms with Gasteiger partial charge in [0.15, 0.2) is 5.78 Å². The van der Waals surface area contributed by atoms with Gasteiger partial charge in [-0.05, 0) is 39.5 Å². The first-order chi connectivity index (χ1) is 11.0. The quantitative estimate of drug-likeness (QED) is 0.579. The second-order valence-corrected chi connectivity index (χ2v) is 6.64. The van der Waals surface area contributed by atoms with Crippen LogP contribution in [-0.2, 0) is 28.6 Å². The van der Waals surface area contributed by atoms with E-state index in [-0.39, 0.29) is 18.4 Å². The fourth-order valence-electron chi connectivity index (χ4n) is 4.84. The normalized spacial score (nSPS) is 38.8. The van der Waals surface area contributed by atoms with Gasteiger partial charge in [-0.25, -0.2) is 4.79 Å². The molecule has 2 aliphatic carbocycles. The fraction of sp³-hybridized carbons (Fsp3) is 0.824. The van der Waals surface area contributed by atoms with Crippen LogP contribution in [0.15, 0.2) is 0 Å². The number of ether oxygens (including phenoxy) is 3. The standard InChI is InChI=1S/C17H24O6/c1-3-21-14(19)13-12(18)11-7-10-16(15(20)22-4-2)8-5-6-9-17(11,16)23-13/h11,13H,3-10H2,1-2H3/t11-,13?,16+,17+/m1/s1. The van der Waals surface area contributed by atoms with E-state index in [1.807, 2.05) is 0 Å². The molecule has 6 heteroatoms. The Bertz CT molecular complexity index is 529. The van der Waals surface area contributed by atoms with Crippen molar-refractivity contribution in [3.8, 4) is 0 Å². The van der Waals surface area contributed by atoms with Crippen LogP contribution in [0.2, 0.25) is 0 Å². The molecular weight excluding hydrogens is 300 g/mol. The van der Waals surface area contributed by atoms with Crippen molar-refractivity contribution in [1.82, 2.24) is 0 Å². The monoisotopic (exact) mass is 324 g/mol. The third-order valence-electron chi connectivity index (χ3n) is 5.73. The smallest absolute Gasteiger partial charge is 0.343 e. The predicted octanol–water partition coefficient (Wildman–Crippen LogP) is 1.79. The molecule has 0 radical (unpaired) electrons. The lowest BCUT2D eigenvalue weighted by molar-refractivity contribution is -0.197. The molecule has 0 aromatic heterocycles. The highest BCUT2D eigenvalue weighted by molar-refractivity contribution is 6.06. The predicted molar refractivity (Wildman–Crippen MR) is 79.5 cm³/mol. The van der Waals surface area contributed by atoms with Gasteiger partial charge < -0.3 is 14.2 Å². The Balaban J connectivity index is 1.96. The summed E-state index contributed by atoms with van der Waals surface area (Å²) in [6.45, 7) is 3.97. The molecule has 1 aliphatic heterocycles. The lowest BCUT2D eigenvalue weighted by atomic mass is 9.63. The van der Waals surface area contributed by atoms with Gasteiger partial charge in [0.1, 0.15) is 0 Å². The lowest BCUT2D eigenvalue weighted by Gasteiger charge is -2.46. The highest BCUT2D eigenvalue weighted by Gasteiger charge is 2.73. The Kier molecular flexibility index (Phi) is 4.21. The summed E-state index contributed by atoms with van der Waals surface area (Å²) in [6, 6.07) is 0. The van der Waals surface area contributed by atoms with Crippen molar-refractivity contribution < 1.29 is 28.6 Å². The molecule has 6 nitrogen and oxygen atoms in total. The molecule has 0 amide bonds. The summed E-state index contributed by atoms with van der Waals surface area (Å²) in [7, 11) is 0. The third-order valence-corrected chi connectivity index (χ3v) is 5.73. The molecule has 0 bridgehead atoms. The number of ketones is 1. The molecule has 128 valence electrons. The molecule has 1 unspecified atom stereocenters. The maximum absolute atomic E-state index is 12.7. The van der Waals surface area contributed by atoms with Crippen molar-refractivity contribution in [3.05, 3.63) is 0 Å².